The first-order chi connectivity index (χ1) is 11.3. The van der Waals surface area contributed by atoms with E-state index in [-0.39, 0.29) is 5.97 Å². The van der Waals surface area contributed by atoms with Gasteiger partial charge in [-0.15, -0.1) is 0 Å². The second-order valence-electron chi connectivity index (χ2n) is 6.96. The van der Waals surface area contributed by atoms with E-state index in [4.69, 9.17) is 4.74 Å². The quantitative estimate of drug-likeness (QED) is 0.311. The van der Waals surface area contributed by atoms with Crippen molar-refractivity contribution in [2.24, 2.45) is 0 Å². The summed E-state index contributed by atoms with van der Waals surface area (Å²) in [6.45, 7) is 13.1. The van der Waals surface area contributed by atoms with E-state index in [0.29, 0.717) is 13.0 Å². The van der Waals surface area contributed by atoms with E-state index in [1.807, 2.05) is 6.08 Å². The van der Waals surface area contributed by atoms with Gasteiger partial charge in [0.2, 0.25) is 0 Å². The first-order valence-electron chi connectivity index (χ1n) is 9.05. The molecule has 0 aromatic rings. The summed E-state index contributed by atoms with van der Waals surface area (Å²) in [7, 11) is 0. The Hall–Kier alpha value is -1.57. The third kappa shape index (κ3) is 15.3. The summed E-state index contributed by atoms with van der Waals surface area (Å²) < 4.78 is 5.27. The van der Waals surface area contributed by atoms with Crippen LogP contribution in [-0.2, 0) is 9.53 Å². The van der Waals surface area contributed by atoms with Gasteiger partial charge < -0.3 is 4.74 Å². The number of hydrogen-bond acceptors (Lipinski definition) is 2. The molecule has 0 bridgehead atoms. The predicted octanol–water partition coefficient (Wildman–Crippen LogP) is 6.70. The number of hydrogen-bond donors (Lipinski definition) is 0. The van der Waals surface area contributed by atoms with Gasteiger partial charge in [0.25, 0.3) is 0 Å². The van der Waals surface area contributed by atoms with Crippen LogP contribution >= 0.6 is 0 Å². The van der Waals surface area contributed by atoms with Crippen LogP contribution in [0.2, 0.25) is 0 Å². The van der Waals surface area contributed by atoms with Gasteiger partial charge in [-0.25, -0.2) is 0 Å². The number of carbonyl (C=O) groups excluding carboxylic acids is 1. The zero-order chi connectivity index (χ0) is 18.4. The second kappa shape index (κ2) is 13.8. The van der Waals surface area contributed by atoms with E-state index in [1.165, 1.54) is 22.3 Å². The minimum Gasteiger partial charge on any atom is -0.461 e. The summed E-state index contributed by atoms with van der Waals surface area (Å²) in [4.78, 5) is 11.7. The van der Waals surface area contributed by atoms with Gasteiger partial charge in [0, 0.05) is 6.42 Å². The highest BCUT2D eigenvalue weighted by Crippen LogP contribution is 2.09. The molecule has 0 aromatic heterocycles. The summed E-state index contributed by atoms with van der Waals surface area (Å²) in [6.07, 6.45) is 14.1. The van der Waals surface area contributed by atoms with Crippen LogP contribution in [0.1, 0.15) is 80.1 Å². The van der Waals surface area contributed by atoms with Crippen LogP contribution in [0.3, 0.4) is 0 Å². The van der Waals surface area contributed by atoms with E-state index in [1.54, 1.807) is 0 Å². The largest absolute Gasteiger partial charge is 0.461 e. The van der Waals surface area contributed by atoms with Gasteiger partial charge in [-0.3, -0.25) is 4.79 Å². The van der Waals surface area contributed by atoms with Crippen molar-refractivity contribution in [2.75, 3.05) is 6.61 Å². The molecular formula is C22H36O2. The molecule has 2 nitrogen and oxygen atoms in total. The van der Waals surface area contributed by atoms with Crippen molar-refractivity contribution >= 4 is 5.97 Å². The van der Waals surface area contributed by atoms with Crippen molar-refractivity contribution < 1.29 is 9.53 Å². The van der Waals surface area contributed by atoms with Crippen molar-refractivity contribution in [3.05, 3.63) is 46.6 Å². The Kier molecular flexibility index (Phi) is 12.9. The highest BCUT2D eigenvalue weighted by molar-refractivity contribution is 5.69. The molecule has 0 atom stereocenters. The molecule has 2 heteroatoms. The van der Waals surface area contributed by atoms with Crippen molar-refractivity contribution in [2.45, 2.75) is 80.1 Å². The third-order valence-corrected chi connectivity index (χ3v) is 3.70. The molecule has 136 valence electrons. The Morgan fingerprint density at radius 3 is 1.62 bits per heavy atom. The Morgan fingerprint density at radius 1 is 0.667 bits per heavy atom. The zero-order valence-electron chi connectivity index (χ0n) is 16.6. The summed E-state index contributed by atoms with van der Waals surface area (Å²) in [5, 5.41) is 0. The summed E-state index contributed by atoms with van der Waals surface area (Å²) >= 11 is 0. The van der Waals surface area contributed by atoms with Crippen LogP contribution in [-0.4, -0.2) is 12.6 Å². The molecule has 0 saturated heterocycles. The lowest BCUT2D eigenvalue weighted by atomic mass is 10.1. The van der Waals surface area contributed by atoms with E-state index in [0.717, 1.165) is 32.1 Å². The highest BCUT2D eigenvalue weighted by atomic mass is 16.5. The fourth-order valence-electron chi connectivity index (χ4n) is 2.17. The number of ether oxygens (including phenoxy) is 1. The standard InChI is InChI=1S/C22H36O2/c1-18(2)10-7-12-20(5)14-9-15-22(23)24-17-16-21(6)13-8-11-19(3)4/h10-11,14,16H,7-9,12-13,15,17H2,1-6H3/b20-14+,21-16+. The molecule has 0 aromatic carbocycles. The fourth-order valence-corrected chi connectivity index (χ4v) is 2.17. The first kappa shape index (κ1) is 22.4. The molecule has 0 amide bonds. The molecule has 0 radical (unpaired) electrons. The van der Waals surface area contributed by atoms with Crippen molar-refractivity contribution in [1.82, 2.24) is 0 Å². The van der Waals surface area contributed by atoms with E-state index in [2.05, 4.69) is 59.8 Å². The third-order valence-electron chi connectivity index (χ3n) is 3.70. The molecule has 0 aliphatic heterocycles. The molecule has 0 N–H and O–H groups in total. The van der Waals surface area contributed by atoms with E-state index in [9.17, 15) is 4.79 Å². The summed E-state index contributed by atoms with van der Waals surface area (Å²) in [5.41, 5.74) is 5.32. The van der Waals surface area contributed by atoms with Gasteiger partial charge >= 0.3 is 5.97 Å². The lowest BCUT2D eigenvalue weighted by Gasteiger charge is -2.03. The molecule has 0 aliphatic carbocycles. The van der Waals surface area contributed by atoms with Crippen molar-refractivity contribution in [3.63, 3.8) is 0 Å². The van der Waals surface area contributed by atoms with Crippen molar-refractivity contribution in [3.8, 4) is 0 Å². The molecule has 0 spiro atoms. The predicted molar refractivity (Wildman–Crippen MR) is 105 cm³/mol. The van der Waals surface area contributed by atoms with Crippen LogP contribution in [0, 0.1) is 0 Å². The monoisotopic (exact) mass is 332 g/mol. The normalized spacial score (nSPS) is 11.9. The maximum absolute atomic E-state index is 11.7. The maximum atomic E-state index is 11.7. The van der Waals surface area contributed by atoms with Crippen LogP contribution < -0.4 is 0 Å². The molecule has 0 fully saturated rings. The zero-order valence-corrected chi connectivity index (χ0v) is 16.6. The fraction of sp³-hybridized carbons (Fsp3) is 0.591. The molecule has 0 saturated carbocycles. The minimum absolute atomic E-state index is 0.114. The molecular weight excluding hydrogens is 296 g/mol. The molecule has 0 aliphatic rings. The smallest absolute Gasteiger partial charge is 0.306 e. The Morgan fingerprint density at radius 2 is 1.12 bits per heavy atom. The SMILES string of the molecule is CC(C)=CCC/C(C)=C/CCC(=O)OC/C=C(\C)CCC=C(C)C. The van der Waals surface area contributed by atoms with Gasteiger partial charge in [0.1, 0.15) is 6.61 Å². The van der Waals surface area contributed by atoms with Crippen LogP contribution in [0.25, 0.3) is 0 Å². The average Bonchev–Trinajstić information content (AvgIpc) is 2.46. The Bertz CT molecular complexity index is 438. The summed E-state index contributed by atoms with van der Waals surface area (Å²) in [6, 6.07) is 0. The second-order valence-corrected chi connectivity index (χ2v) is 6.96. The maximum Gasteiger partial charge on any atom is 0.306 e. The highest BCUT2D eigenvalue weighted by Gasteiger charge is 2.00. The minimum atomic E-state index is -0.114. The van der Waals surface area contributed by atoms with Gasteiger partial charge in [0.15, 0.2) is 0 Å². The lowest BCUT2D eigenvalue weighted by molar-refractivity contribution is -0.142. The van der Waals surface area contributed by atoms with Gasteiger partial charge in [-0.2, -0.15) is 0 Å². The first-order valence-corrected chi connectivity index (χ1v) is 9.05. The Balaban J connectivity index is 3.90. The van der Waals surface area contributed by atoms with Crippen LogP contribution in [0.15, 0.2) is 46.6 Å². The summed E-state index contributed by atoms with van der Waals surface area (Å²) in [5.74, 6) is -0.114. The molecule has 0 unspecified atom stereocenters. The number of rotatable bonds is 11. The van der Waals surface area contributed by atoms with Crippen LogP contribution in [0.4, 0.5) is 0 Å². The van der Waals surface area contributed by atoms with Gasteiger partial charge in [-0.05, 0) is 79.7 Å². The molecule has 0 rings (SSSR count). The number of carbonyl (C=O) groups is 1. The molecule has 24 heavy (non-hydrogen) atoms. The van der Waals surface area contributed by atoms with Crippen LogP contribution in [0.5, 0.6) is 0 Å². The van der Waals surface area contributed by atoms with Gasteiger partial charge in [-0.1, -0.05) is 40.5 Å². The van der Waals surface area contributed by atoms with E-state index < -0.39 is 0 Å². The molecule has 0 heterocycles. The van der Waals surface area contributed by atoms with Gasteiger partial charge in [0.05, 0.1) is 0 Å². The Labute approximate surface area is 149 Å². The number of allylic oxidation sites excluding steroid dienone is 7. The lowest BCUT2D eigenvalue weighted by Crippen LogP contribution is -2.04. The topological polar surface area (TPSA) is 26.3 Å². The van der Waals surface area contributed by atoms with E-state index >= 15 is 0 Å². The average molecular weight is 333 g/mol. The van der Waals surface area contributed by atoms with Crippen molar-refractivity contribution in [1.29, 1.82) is 0 Å². The number of esters is 1.